The van der Waals surface area contributed by atoms with E-state index in [-0.39, 0.29) is 37.3 Å². The predicted molar refractivity (Wildman–Crippen MR) is 126 cm³/mol. The molecule has 2 N–H and O–H groups in total. The van der Waals surface area contributed by atoms with Crippen LogP contribution in [0.4, 0.5) is 4.79 Å². The average molecular weight is 453 g/mol. The van der Waals surface area contributed by atoms with Gasteiger partial charge in [-0.15, -0.1) is 0 Å². The Labute approximate surface area is 194 Å². The lowest BCUT2D eigenvalue weighted by molar-refractivity contribution is -0.138. The van der Waals surface area contributed by atoms with Crippen LogP contribution in [0.5, 0.6) is 0 Å². The standard InChI is InChI=1S/C26H32N2O5/c1-17(2)28(14-8-13-25(30)31)24(29)15-18(3)27-26(32)33-16-23-21-11-6-4-9-19(21)20-10-5-7-12-22(20)23/h4-7,9-12,17-18,23H,8,13-16H2,1-3H3,(H,27,32)(H,30,31)/t18-/m0/s1. The Morgan fingerprint density at radius 3 is 2.12 bits per heavy atom. The van der Waals surface area contributed by atoms with E-state index in [1.165, 1.54) is 0 Å². The molecule has 2 aromatic rings. The molecule has 33 heavy (non-hydrogen) atoms. The monoisotopic (exact) mass is 452 g/mol. The van der Waals surface area contributed by atoms with E-state index in [0.717, 1.165) is 22.3 Å². The summed E-state index contributed by atoms with van der Waals surface area (Å²) in [6.45, 7) is 6.13. The van der Waals surface area contributed by atoms with Gasteiger partial charge in [-0.2, -0.15) is 0 Å². The van der Waals surface area contributed by atoms with Crippen molar-refractivity contribution in [1.82, 2.24) is 10.2 Å². The second-order valence-corrected chi connectivity index (χ2v) is 8.75. The van der Waals surface area contributed by atoms with Gasteiger partial charge in [-0.1, -0.05) is 48.5 Å². The Balaban J connectivity index is 1.52. The normalized spacial score (nSPS) is 13.2. The van der Waals surface area contributed by atoms with Crippen molar-refractivity contribution >= 4 is 18.0 Å². The number of carboxylic acids is 1. The zero-order chi connectivity index (χ0) is 24.0. The zero-order valence-corrected chi connectivity index (χ0v) is 19.4. The smallest absolute Gasteiger partial charge is 0.407 e. The first kappa shape index (κ1) is 24.3. The number of aliphatic carboxylic acids is 1. The lowest BCUT2D eigenvalue weighted by atomic mass is 9.98. The van der Waals surface area contributed by atoms with Crippen molar-refractivity contribution in [3.63, 3.8) is 0 Å². The van der Waals surface area contributed by atoms with Crippen molar-refractivity contribution in [3.05, 3.63) is 59.7 Å². The first-order valence-corrected chi connectivity index (χ1v) is 11.4. The highest BCUT2D eigenvalue weighted by Crippen LogP contribution is 2.44. The van der Waals surface area contributed by atoms with Gasteiger partial charge in [-0.3, -0.25) is 9.59 Å². The molecule has 2 amide bonds. The molecular weight excluding hydrogens is 420 g/mol. The first-order chi connectivity index (χ1) is 15.8. The summed E-state index contributed by atoms with van der Waals surface area (Å²) >= 11 is 0. The highest BCUT2D eigenvalue weighted by Gasteiger charge is 2.29. The number of ether oxygens (including phenoxy) is 1. The van der Waals surface area contributed by atoms with Crippen molar-refractivity contribution < 1.29 is 24.2 Å². The molecule has 0 spiro atoms. The van der Waals surface area contributed by atoms with Gasteiger partial charge in [0.1, 0.15) is 6.61 Å². The van der Waals surface area contributed by atoms with Gasteiger partial charge in [0.05, 0.1) is 0 Å². The minimum Gasteiger partial charge on any atom is -0.481 e. The SMILES string of the molecule is CC(C)N(CCCC(=O)O)C(=O)C[C@H](C)NC(=O)OCC1c2ccccc2-c2ccccc21. The summed E-state index contributed by atoms with van der Waals surface area (Å²) in [6, 6.07) is 15.8. The molecule has 0 bridgehead atoms. The van der Waals surface area contributed by atoms with E-state index in [0.29, 0.717) is 13.0 Å². The molecule has 0 saturated carbocycles. The molecule has 0 saturated heterocycles. The van der Waals surface area contributed by atoms with Crippen LogP contribution in [0.25, 0.3) is 11.1 Å². The molecule has 1 atom stereocenters. The van der Waals surface area contributed by atoms with Crippen molar-refractivity contribution in [2.75, 3.05) is 13.2 Å². The van der Waals surface area contributed by atoms with Crippen molar-refractivity contribution in [3.8, 4) is 11.1 Å². The van der Waals surface area contributed by atoms with Crippen LogP contribution in [0.1, 0.15) is 57.1 Å². The van der Waals surface area contributed by atoms with Gasteiger partial charge in [0.2, 0.25) is 5.91 Å². The van der Waals surface area contributed by atoms with Crippen LogP contribution >= 0.6 is 0 Å². The number of alkyl carbamates (subject to hydrolysis) is 1. The van der Waals surface area contributed by atoms with Gasteiger partial charge in [0.15, 0.2) is 0 Å². The molecule has 0 unspecified atom stereocenters. The summed E-state index contributed by atoms with van der Waals surface area (Å²) in [5.41, 5.74) is 4.61. The minimum atomic E-state index is -0.878. The fourth-order valence-corrected chi connectivity index (χ4v) is 4.34. The number of hydrogen-bond acceptors (Lipinski definition) is 4. The van der Waals surface area contributed by atoms with Crippen LogP contribution in [-0.4, -0.2) is 53.2 Å². The van der Waals surface area contributed by atoms with Gasteiger partial charge in [-0.25, -0.2) is 4.79 Å². The van der Waals surface area contributed by atoms with Crippen LogP contribution in [0.15, 0.2) is 48.5 Å². The molecule has 176 valence electrons. The number of fused-ring (bicyclic) bond motifs is 3. The number of rotatable bonds is 10. The lowest BCUT2D eigenvalue weighted by Gasteiger charge is -2.28. The van der Waals surface area contributed by atoms with Gasteiger partial charge >= 0.3 is 12.1 Å². The molecule has 3 rings (SSSR count). The summed E-state index contributed by atoms with van der Waals surface area (Å²) < 4.78 is 5.55. The largest absolute Gasteiger partial charge is 0.481 e. The molecule has 0 aromatic heterocycles. The number of nitrogens with zero attached hydrogens (tertiary/aromatic N) is 1. The van der Waals surface area contributed by atoms with E-state index >= 15 is 0 Å². The van der Waals surface area contributed by atoms with E-state index in [1.807, 2.05) is 38.1 Å². The highest BCUT2D eigenvalue weighted by molar-refractivity contribution is 5.80. The summed E-state index contributed by atoms with van der Waals surface area (Å²) in [5.74, 6) is -1.02. The minimum absolute atomic E-state index is 0.0179. The molecule has 7 heteroatoms. The zero-order valence-electron chi connectivity index (χ0n) is 19.4. The number of nitrogens with one attached hydrogen (secondary N) is 1. The second kappa shape index (κ2) is 11.0. The lowest BCUT2D eigenvalue weighted by Crippen LogP contribution is -2.42. The summed E-state index contributed by atoms with van der Waals surface area (Å²) in [7, 11) is 0. The van der Waals surface area contributed by atoms with Crippen LogP contribution in [0.3, 0.4) is 0 Å². The van der Waals surface area contributed by atoms with E-state index in [4.69, 9.17) is 9.84 Å². The number of benzene rings is 2. The molecule has 7 nitrogen and oxygen atoms in total. The maximum absolute atomic E-state index is 12.7. The number of hydrogen-bond donors (Lipinski definition) is 2. The quantitative estimate of drug-likeness (QED) is 0.557. The Kier molecular flexibility index (Phi) is 8.09. The third-order valence-corrected chi connectivity index (χ3v) is 5.92. The molecule has 2 aromatic carbocycles. The molecule has 0 aliphatic heterocycles. The number of carbonyl (C=O) groups excluding carboxylic acids is 2. The Morgan fingerprint density at radius 1 is 1.00 bits per heavy atom. The average Bonchev–Trinajstić information content (AvgIpc) is 3.08. The Bertz CT molecular complexity index is 958. The fourth-order valence-electron chi connectivity index (χ4n) is 4.34. The Morgan fingerprint density at radius 2 is 1.58 bits per heavy atom. The van der Waals surface area contributed by atoms with E-state index in [1.54, 1.807) is 11.8 Å². The number of amides is 2. The first-order valence-electron chi connectivity index (χ1n) is 11.4. The summed E-state index contributed by atoms with van der Waals surface area (Å²) in [4.78, 5) is 37.5. The molecule has 0 fully saturated rings. The maximum Gasteiger partial charge on any atom is 0.407 e. The molecule has 1 aliphatic rings. The molecular formula is C26H32N2O5. The third kappa shape index (κ3) is 6.12. The van der Waals surface area contributed by atoms with Crippen LogP contribution < -0.4 is 5.32 Å². The molecule has 0 heterocycles. The highest BCUT2D eigenvalue weighted by atomic mass is 16.5. The van der Waals surface area contributed by atoms with E-state index in [2.05, 4.69) is 29.6 Å². The van der Waals surface area contributed by atoms with Crippen molar-refractivity contribution in [1.29, 1.82) is 0 Å². The van der Waals surface area contributed by atoms with E-state index < -0.39 is 18.1 Å². The number of carboxylic acid groups (broad SMARTS) is 1. The summed E-state index contributed by atoms with van der Waals surface area (Å²) in [6.07, 6.45) is -0.0217. The maximum atomic E-state index is 12.7. The van der Waals surface area contributed by atoms with Crippen LogP contribution in [0, 0.1) is 0 Å². The summed E-state index contributed by atoms with van der Waals surface area (Å²) in [5, 5.41) is 11.6. The van der Waals surface area contributed by atoms with Crippen molar-refractivity contribution in [2.24, 2.45) is 0 Å². The van der Waals surface area contributed by atoms with Gasteiger partial charge < -0.3 is 20.1 Å². The van der Waals surface area contributed by atoms with Gasteiger partial charge in [0.25, 0.3) is 0 Å². The predicted octanol–water partition coefficient (Wildman–Crippen LogP) is 4.41. The Hall–Kier alpha value is -3.35. The van der Waals surface area contributed by atoms with E-state index in [9.17, 15) is 14.4 Å². The third-order valence-electron chi connectivity index (χ3n) is 5.92. The topological polar surface area (TPSA) is 95.9 Å². The number of carbonyl (C=O) groups is 3. The molecule has 1 aliphatic carbocycles. The van der Waals surface area contributed by atoms with Crippen molar-refractivity contribution in [2.45, 2.75) is 58.0 Å². The fraction of sp³-hybridized carbons (Fsp3) is 0.423. The molecule has 0 radical (unpaired) electrons. The second-order valence-electron chi connectivity index (χ2n) is 8.75. The van der Waals surface area contributed by atoms with Gasteiger partial charge in [0, 0.05) is 37.4 Å². The van der Waals surface area contributed by atoms with Gasteiger partial charge in [-0.05, 0) is 49.4 Å². The van der Waals surface area contributed by atoms with Crippen LogP contribution in [0.2, 0.25) is 0 Å². The van der Waals surface area contributed by atoms with Crippen LogP contribution in [-0.2, 0) is 14.3 Å².